The van der Waals surface area contributed by atoms with Crippen molar-refractivity contribution in [1.82, 2.24) is 10.2 Å². The van der Waals surface area contributed by atoms with Crippen LogP contribution < -0.4 is 5.32 Å². The molecule has 1 saturated carbocycles. The van der Waals surface area contributed by atoms with Crippen molar-refractivity contribution in [1.29, 1.82) is 0 Å². The zero-order valence-corrected chi connectivity index (χ0v) is 13.6. The van der Waals surface area contributed by atoms with Crippen LogP contribution in [-0.2, 0) is 4.79 Å². The SMILES string of the molecule is CC(=O)N(CC1CNCC1c1ccccc1)C1CCCCC1. The molecule has 2 atom stereocenters. The molecule has 0 bridgehead atoms. The number of nitrogens with zero attached hydrogens (tertiary/aromatic N) is 1. The summed E-state index contributed by atoms with van der Waals surface area (Å²) in [4.78, 5) is 14.4. The Labute approximate surface area is 134 Å². The van der Waals surface area contributed by atoms with Crippen LogP contribution in [0.4, 0.5) is 0 Å². The monoisotopic (exact) mass is 300 g/mol. The predicted molar refractivity (Wildman–Crippen MR) is 89.8 cm³/mol. The van der Waals surface area contributed by atoms with E-state index >= 15 is 0 Å². The largest absolute Gasteiger partial charge is 0.340 e. The third kappa shape index (κ3) is 3.52. The van der Waals surface area contributed by atoms with E-state index in [-0.39, 0.29) is 5.91 Å². The Hall–Kier alpha value is -1.35. The Morgan fingerprint density at radius 1 is 1.14 bits per heavy atom. The van der Waals surface area contributed by atoms with Gasteiger partial charge in [-0.25, -0.2) is 0 Å². The van der Waals surface area contributed by atoms with Gasteiger partial charge in [0.2, 0.25) is 5.91 Å². The van der Waals surface area contributed by atoms with E-state index in [4.69, 9.17) is 0 Å². The highest BCUT2D eigenvalue weighted by atomic mass is 16.2. The summed E-state index contributed by atoms with van der Waals surface area (Å²) >= 11 is 0. The van der Waals surface area contributed by atoms with Crippen molar-refractivity contribution in [2.75, 3.05) is 19.6 Å². The molecule has 3 nitrogen and oxygen atoms in total. The van der Waals surface area contributed by atoms with Gasteiger partial charge in [-0.05, 0) is 24.3 Å². The Morgan fingerprint density at radius 2 is 1.86 bits per heavy atom. The minimum Gasteiger partial charge on any atom is -0.340 e. The van der Waals surface area contributed by atoms with Crippen molar-refractivity contribution in [2.24, 2.45) is 5.92 Å². The number of benzene rings is 1. The van der Waals surface area contributed by atoms with Crippen LogP contribution in [-0.4, -0.2) is 36.5 Å². The summed E-state index contributed by atoms with van der Waals surface area (Å²) in [5, 5.41) is 3.53. The Bertz CT molecular complexity index is 481. The topological polar surface area (TPSA) is 32.3 Å². The van der Waals surface area contributed by atoms with Gasteiger partial charge in [-0.1, -0.05) is 49.6 Å². The van der Waals surface area contributed by atoms with Crippen LogP contribution in [0, 0.1) is 5.92 Å². The minimum atomic E-state index is 0.255. The molecule has 120 valence electrons. The number of amides is 1. The molecular formula is C19H28N2O. The molecule has 3 rings (SSSR count). The van der Waals surface area contributed by atoms with Gasteiger partial charge in [0.25, 0.3) is 0 Å². The second-order valence-electron chi connectivity index (χ2n) is 6.90. The molecule has 2 unspecified atom stereocenters. The molecule has 1 heterocycles. The smallest absolute Gasteiger partial charge is 0.219 e. The molecular weight excluding hydrogens is 272 g/mol. The summed E-state index contributed by atoms with van der Waals surface area (Å²) in [7, 11) is 0. The molecule has 1 aromatic carbocycles. The highest BCUT2D eigenvalue weighted by Gasteiger charge is 2.33. The molecule has 1 saturated heterocycles. The lowest BCUT2D eigenvalue weighted by molar-refractivity contribution is -0.132. The van der Waals surface area contributed by atoms with E-state index in [1.807, 2.05) is 0 Å². The van der Waals surface area contributed by atoms with Crippen LogP contribution >= 0.6 is 0 Å². The van der Waals surface area contributed by atoms with Gasteiger partial charge in [0, 0.05) is 38.5 Å². The molecule has 1 N–H and O–H groups in total. The number of carbonyl (C=O) groups excluding carboxylic acids is 1. The summed E-state index contributed by atoms with van der Waals surface area (Å²) in [6, 6.07) is 11.2. The molecule has 1 aliphatic heterocycles. The van der Waals surface area contributed by atoms with Crippen LogP contribution in [0.25, 0.3) is 0 Å². The number of rotatable bonds is 4. The third-order valence-electron chi connectivity index (χ3n) is 5.42. The van der Waals surface area contributed by atoms with Gasteiger partial charge in [0.05, 0.1) is 0 Å². The van der Waals surface area contributed by atoms with E-state index < -0.39 is 0 Å². The van der Waals surface area contributed by atoms with E-state index in [0.29, 0.717) is 17.9 Å². The van der Waals surface area contributed by atoms with Gasteiger partial charge < -0.3 is 10.2 Å². The van der Waals surface area contributed by atoms with E-state index in [2.05, 4.69) is 40.5 Å². The van der Waals surface area contributed by atoms with Gasteiger partial charge in [-0.2, -0.15) is 0 Å². The van der Waals surface area contributed by atoms with E-state index in [1.54, 1.807) is 6.92 Å². The maximum atomic E-state index is 12.2. The van der Waals surface area contributed by atoms with Crippen molar-refractivity contribution < 1.29 is 4.79 Å². The summed E-state index contributed by atoms with van der Waals surface area (Å²) in [5.41, 5.74) is 1.41. The number of hydrogen-bond acceptors (Lipinski definition) is 2. The maximum Gasteiger partial charge on any atom is 0.219 e. The Morgan fingerprint density at radius 3 is 2.55 bits per heavy atom. The van der Waals surface area contributed by atoms with Crippen molar-refractivity contribution >= 4 is 5.91 Å². The first-order chi connectivity index (χ1) is 10.8. The summed E-state index contributed by atoms with van der Waals surface area (Å²) in [5.74, 6) is 1.32. The Balaban J connectivity index is 1.70. The third-order valence-corrected chi connectivity index (χ3v) is 5.42. The van der Waals surface area contributed by atoms with Crippen LogP contribution in [0.5, 0.6) is 0 Å². The molecule has 0 aromatic heterocycles. The molecule has 1 amide bonds. The van der Waals surface area contributed by atoms with Crippen molar-refractivity contribution in [3.05, 3.63) is 35.9 Å². The quantitative estimate of drug-likeness (QED) is 0.926. The van der Waals surface area contributed by atoms with Crippen LogP contribution in [0.3, 0.4) is 0 Å². The number of nitrogens with one attached hydrogen (secondary N) is 1. The molecule has 1 aromatic rings. The van der Waals surface area contributed by atoms with Gasteiger partial charge in [0.15, 0.2) is 0 Å². The fourth-order valence-corrected chi connectivity index (χ4v) is 4.20. The fourth-order valence-electron chi connectivity index (χ4n) is 4.20. The van der Waals surface area contributed by atoms with Crippen LogP contribution in [0.15, 0.2) is 30.3 Å². The fraction of sp³-hybridized carbons (Fsp3) is 0.632. The predicted octanol–water partition coefficient (Wildman–Crippen LogP) is 3.17. The van der Waals surface area contributed by atoms with Crippen molar-refractivity contribution in [2.45, 2.75) is 51.0 Å². The highest BCUT2D eigenvalue weighted by Crippen LogP contribution is 2.31. The normalized spacial score (nSPS) is 26.0. The van der Waals surface area contributed by atoms with Crippen LogP contribution in [0.1, 0.15) is 50.5 Å². The second-order valence-corrected chi connectivity index (χ2v) is 6.90. The molecule has 0 spiro atoms. The molecule has 2 fully saturated rings. The molecule has 2 aliphatic rings. The lowest BCUT2D eigenvalue weighted by Crippen LogP contribution is -2.44. The summed E-state index contributed by atoms with van der Waals surface area (Å²) in [6.45, 7) is 4.71. The number of carbonyl (C=O) groups is 1. The van der Waals surface area contributed by atoms with Crippen molar-refractivity contribution in [3.63, 3.8) is 0 Å². The zero-order valence-electron chi connectivity index (χ0n) is 13.6. The first kappa shape index (κ1) is 15.5. The Kier molecular flexibility index (Phi) is 5.14. The average Bonchev–Trinajstić information content (AvgIpc) is 3.02. The minimum absolute atomic E-state index is 0.255. The van der Waals surface area contributed by atoms with Gasteiger partial charge in [0.1, 0.15) is 0 Å². The molecule has 0 radical (unpaired) electrons. The standard InChI is InChI=1S/C19H28N2O/c1-15(22)21(18-10-6-3-7-11-18)14-17-12-20-13-19(17)16-8-4-2-5-9-16/h2,4-5,8-9,17-20H,3,6-7,10-14H2,1H3. The highest BCUT2D eigenvalue weighted by molar-refractivity contribution is 5.73. The van der Waals surface area contributed by atoms with E-state index in [0.717, 1.165) is 19.6 Å². The zero-order chi connectivity index (χ0) is 15.4. The molecule has 3 heteroatoms. The second kappa shape index (κ2) is 7.28. The van der Waals surface area contributed by atoms with Gasteiger partial charge in [-0.3, -0.25) is 4.79 Å². The average molecular weight is 300 g/mol. The summed E-state index contributed by atoms with van der Waals surface area (Å²) < 4.78 is 0. The van der Waals surface area contributed by atoms with Crippen LogP contribution in [0.2, 0.25) is 0 Å². The maximum absolute atomic E-state index is 12.2. The van der Waals surface area contributed by atoms with Gasteiger partial charge in [-0.15, -0.1) is 0 Å². The number of hydrogen-bond donors (Lipinski definition) is 1. The van der Waals surface area contributed by atoms with E-state index in [1.165, 1.54) is 37.7 Å². The molecule has 1 aliphatic carbocycles. The first-order valence-electron chi connectivity index (χ1n) is 8.78. The summed E-state index contributed by atoms with van der Waals surface area (Å²) in [6.07, 6.45) is 6.27. The lowest BCUT2D eigenvalue weighted by Gasteiger charge is -2.36. The lowest BCUT2D eigenvalue weighted by atomic mass is 9.87. The van der Waals surface area contributed by atoms with Gasteiger partial charge >= 0.3 is 0 Å². The first-order valence-corrected chi connectivity index (χ1v) is 8.78. The van der Waals surface area contributed by atoms with E-state index in [9.17, 15) is 4.79 Å². The van der Waals surface area contributed by atoms with Crippen molar-refractivity contribution in [3.8, 4) is 0 Å². The molecule has 22 heavy (non-hydrogen) atoms.